The van der Waals surface area contributed by atoms with Crippen molar-refractivity contribution < 1.29 is 19.1 Å². The van der Waals surface area contributed by atoms with E-state index in [2.05, 4.69) is 4.74 Å². The van der Waals surface area contributed by atoms with Crippen LogP contribution in [0.2, 0.25) is 0 Å². The third kappa shape index (κ3) is 2.56. The number of carbonyl (C=O) groups excluding carboxylic acids is 2. The van der Waals surface area contributed by atoms with Crippen molar-refractivity contribution in [3.05, 3.63) is 16.8 Å². The first-order valence-corrected chi connectivity index (χ1v) is 4.91. The second-order valence-electron chi connectivity index (χ2n) is 2.62. The van der Waals surface area contributed by atoms with Crippen LogP contribution < -0.4 is 4.74 Å². The molecule has 0 aliphatic heterocycles. The molecule has 0 amide bonds. The molecule has 1 unspecified atom stereocenters. The molecule has 1 aromatic rings. The summed E-state index contributed by atoms with van der Waals surface area (Å²) >= 11 is 1.41. The van der Waals surface area contributed by atoms with E-state index in [0.717, 1.165) is 0 Å². The fourth-order valence-electron chi connectivity index (χ4n) is 0.788. The van der Waals surface area contributed by atoms with Crippen LogP contribution in [0, 0.1) is 5.92 Å². The minimum absolute atomic E-state index is 0.454. The van der Waals surface area contributed by atoms with Gasteiger partial charge in [0.15, 0.2) is 5.92 Å². The molecule has 0 N–H and O–H groups in total. The van der Waals surface area contributed by atoms with Crippen molar-refractivity contribution in [3.63, 3.8) is 0 Å². The van der Waals surface area contributed by atoms with Crippen LogP contribution in [-0.4, -0.2) is 19.0 Å². The van der Waals surface area contributed by atoms with Gasteiger partial charge in [-0.05, 0) is 18.4 Å². The highest BCUT2D eigenvalue weighted by molar-refractivity contribution is 7.08. The molecular formula is C9H10O4S. The summed E-state index contributed by atoms with van der Waals surface area (Å²) in [7, 11) is 1.23. The summed E-state index contributed by atoms with van der Waals surface area (Å²) in [6.45, 7) is 1.44. The molecule has 0 spiro atoms. The van der Waals surface area contributed by atoms with Gasteiger partial charge in [0.05, 0.1) is 7.11 Å². The molecular weight excluding hydrogens is 204 g/mol. The van der Waals surface area contributed by atoms with Crippen LogP contribution in [0.25, 0.3) is 0 Å². The number of hydrogen-bond donors (Lipinski definition) is 0. The molecule has 1 aromatic heterocycles. The molecule has 0 aliphatic rings. The predicted molar refractivity (Wildman–Crippen MR) is 51.1 cm³/mol. The van der Waals surface area contributed by atoms with E-state index in [4.69, 9.17) is 4.74 Å². The van der Waals surface area contributed by atoms with Gasteiger partial charge in [-0.3, -0.25) is 9.59 Å². The molecule has 14 heavy (non-hydrogen) atoms. The summed E-state index contributed by atoms with van der Waals surface area (Å²) < 4.78 is 9.32. The molecule has 4 nitrogen and oxygen atoms in total. The molecule has 0 aliphatic carbocycles. The molecule has 76 valence electrons. The predicted octanol–water partition coefficient (Wildman–Crippen LogP) is 1.46. The first kappa shape index (κ1) is 10.7. The molecule has 1 atom stereocenters. The summed E-state index contributed by atoms with van der Waals surface area (Å²) in [5, 5.41) is 3.47. The normalized spacial score (nSPS) is 11.9. The maximum atomic E-state index is 11.3. The summed E-state index contributed by atoms with van der Waals surface area (Å²) in [4.78, 5) is 22.3. The molecule has 1 rings (SSSR count). The minimum Gasteiger partial charge on any atom is -0.468 e. The Balaban J connectivity index is 2.54. The van der Waals surface area contributed by atoms with Gasteiger partial charge in [0, 0.05) is 5.38 Å². The van der Waals surface area contributed by atoms with E-state index >= 15 is 0 Å². The Morgan fingerprint density at radius 1 is 1.43 bits per heavy atom. The van der Waals surface area contributed by atoms with Crippen molar-refractivity contribution >= 4 is 23.3 Å². The maximum absolute atomic E-state index is 11.3. The summed E-state index contributed by atoms with van der Waals surface area (Å²) in [5.41, 5.74) is 0. The number of rotatable bonds is 3. The Kier molecular flexibility index (Phi) is 3.64. The second kappa shape index (κ2) is 4.76. The highest BCUT2D eigenvalue weighted by Gasteiger charge is 2.24. The number of hydrogen-bond acceptors (Lipinski definition) is 5. The van der Waals surface area contributed by atoms with Crippen LogP contribution in [-0.2, 0) is 14.3 Å². The highest BCUT2D eigenvalue weighted by atomic mass is 32.1. The first-order valence-electron chi connectivity index (χ1n) is 3.97. The van der Waals surface area contributed by atoms with Crippen molar-refractivity contribution in [2.75, 3.05) is 7.11 Å². The second-order valence-corrected chi connectivity index (χ2v) is 3.41. The Morgan fingerprint density at radius 2 is 2.14 bits per heavy atom. The lowest BCUT2D eigenvalue weighted by Crippen LogP contribution is -2.26. The van der Waals surface area contributed by atoms with Crippen LogP contribution >= 0.6 is 11.3 Å². The van der Waals surface area contributed by atoms with Crippen LogP contribution in [0.3, 0.4) is 0 Å². The molecule has 0 saturated carbocycles. The van der Waals surface area contributed by atoms with Gasteiger partial charge in [-0.25, -0.2) is 0 Å². The zero-order valence-corrected chi connectivity index (χ0v) is 8.67. The Morgan fingerprint density at radius 3 is 2.64 bits per heavy atom. The minimum atomic E-state index is -0.889. The third-order valence-electron chi connectivity index (χ3n) is 1.62. The van der Waals surface area contributed by atoms with E-state index < -0.39 is 17.9 Å². The number of thiophene rings is 1. The highest BCUT2D eigenvalue weighted by Crippen LogP contribution is 2.16. The van der Waals surface area contributed by atoms with E-state index in [1.54, 1.807) is 16.8 Å². The van der Waals surface area contributed by atoms with Crippen molar-refractivity contribution in [1.29, 1.82) is 0 Å². The van der Waals surface area contributed by atoms with Crippen LogP contribution in [0.15, 0.2) is 16.8 Å². The number of ether oxygens (including phenoxy) is 2. The Hall–Kier alpha value is -1.36. The SMILES string of the molecule is COC(=O)C(C)C(=O)Oc1ccsc1. The number of carbonyl (C=O) groups is 2. The molecule has 5 heteroatoms. The van der Waals surface area contributed by atoms with Gasteiger partial charge in [-0.1, -0.05) is 0 Å². The van der Waals surface area contributed by atoms with Gasteiger partial charge in [0.1, 0.15) is 5.75 Å². The van der Waals surface area contributed by atoms with E-state index in [0.29, 0.717) is 5.75 Å². The van der Waals surface area contributed by atoms with E-state index in [1.165, 1.54) is 25.4 Å². The van der Waals surface area contributed by atoms with E-state index in [1.807, 2.05) is 0 Å². The standard InChI is InChI=1S/C9H10O4S/c1-6(8(10)12-2)9(11)13-7-3-4-14-5-7/h3-6H,1-2H3. The summed E-state index contributed by atoms with van der Waals surface area (Å²) in [5.74, 6) is -1.63. The van der Waals surface area contributed by atoms with Gasteiger partial charge in [-0.15, -0.1) is 11.3 Å². The average molecular weight is 214 g/mol. The molecule has 1 heterocycles. The fraction of sp³-hybridized carbons (Fsp3) is 0.333. The van der Waals surface area contributed by atoms with Crippen LogP contribution in [0.5, 0.6) is 5.75 Å². The topological polar surface area (TPSA) is 52.6 Å². The van der Waals surface area contributed by atoms with Crippen molar-refractivity contribution in [1.82, 2.24) is 0 Å². The lowest BCUT2D eigenvalue weighted by atomic mass is 10.2. The zero-order valence-electron chi connectivity index (χ0n) is 7.85. The number of methoxy groups -OCH3 is 1. The molecule has 0 aromatic carbocycles. The zero-order chi connectivity index (χ0) is 10.6. The van der Waals surface area contributed by atoms with Gasteiger partial charge in [-0.2, -0.15) is 0 Å². The Bertz CT molecular complexity index is 318. The molecule has 0 bridgehead atoms. The van der Waals surface area contributed by atoms with Crippen LogP contribution in [0.1, 0.15) is 6.92 Å². The molecule has 0 radical (unpaired) electrons. The summed E-state index contributed by atoms with van der Waals surface area (Å²) in [6, 6.07) is 1.66. The largest absolute Gasteiger partial charge is 0.468 e. The number of esters is 2. The van der Waals surface area contributed by atoms with Crippen molar-refractivity contribution in [3.8, 4) is 5.75 Å². The maximum Gasteiger partial charge on any atom is 0.325 e. The van der Waals surface area contributed by atoms with E-state index in [-0.39, 0.29) is 0 Å². The van der Waals surface area contributed by atoms with Crippen LogP contribution in [0.4, 0.5) is 0 Å². The van der Waals surface area contributed by atoms with Crippen molar-refractivity contribution in [2.24, 2.45) is 5.92 Å². The molecule has 0 fully saturated rings. The van der Waals surface area contributed by atoms with E-state index in [9.17, 15) is 9.59 Å². The first-order chi connectivity index (χ1) is 6.65. The van der Waals surface area contributed by atoms with Gasteiger partial charge < -0.3 is 9.47 Å². The quantitative estimate of drug-likeness (QED) is 0.564. The van der Waals surface area contributed by atoms with Gasteiger partial charge in [0.25, 0.3) is 0 Å². The lowest BCUT2D eigenvalue weighted by Gasteiger charge is -2.07. The smallest absolute Gasteiger partial charge is 0.325 e. The fourth-order valence-corrected chi connectivity index (χ4v) is 1.34. The molecule has 0 saturated heterocycles. The van der Waals surface area contributed by atoms with Gasteiger partial charge >= 0.3 is 11.9 Å². The average Bonchev–Trinajstić information content (AvgIpc) is 2.68. The third-order valence-corrected chi connectivity index (χ3v) is 2.28. The monoisotopic (exact) mass is 214 g/mol. The van der Waals surface area contributed by atoms with Crippen molar-refractivity contribution in [2.45, 2.75) is 6.92 Å². The van der Waals surface area contributed by atoms with Gasteiger partial charge in [0.2, 0.25) is 0 Å². The summed E-state index contributed by atoms with van der Waals surface area (Å²) in [6.07, 6.45) is 0. The lowest BCUT2D eigenvalue weighted by molar-refractivity contribution is -0.154. The Labute approximate surface area is 85.4 Å².